The number of halogens is 1. The van der Waals surface area contributed by atoms with Gasteiger partial charge in [0.1, 0.15) is 0 Å². The van der Waals surface area contributed by atoms with E-state index in [1.165, 1.54) is 6.42 Å². The summed E-state index contributed by atoms with van der Waals surface area (Å²) in [6, 6.07) is 0. The van der Waals surface area contributed by atoms with Crippen molar-refractivity contribution < 1.29 is 4.79 Å². The number of hydrogen-bond donors (Lipinski definition) is 1. The van der Waals surface area contributed by atoms with Gasteiger partial charge in [-0.3, -0.25) is 4.79 Å². The fraction of sp³-hybridized carbons (Fsp3) is 0.917. The number of rotatable bonds is 2. The summed E-state index contributed by atoms with van der Waals surface area (Å²) in [5, 5.41) is 0. The van der Waals surface area contributed by atoms with Gasteiger partial charge in [-0.1, -0.05) is 13.8 Å². The Morgan fingerprint density at radius 3 is 2.50 bits per heavy atom. The second-order valence-electron chi connectivity index (χ2n) is 5.65. The van der Waals surface area contributed by atoms with Crippen LogP contribution in [0.15, 0.2) is 0 Å². The second kappa shape index (κ2) is 4.53. The van der Waals surface area contributed by atoms with Crippen molar-refractivity contribution >= 4 is 18.3 Å². The van der Waals surface area contributed by atoms with E-state index in [9.17, 15) is 4.79 Å². The Labute approximate surface area is 104 Å². The van der Waals surface area contributed by atoms with Gasteiger partial charge in [-0.05, 0) is 37.5 Å². The van der Waals surface area contributed by atoms with Crippen LogP contribution >= 0.6 is 12.4 Å². The van der Waals surface area contributed by atoms with Crippen LogP contribution in [0.25, 0.3) is 0 Å². The molecule has 1 unspecified atom stereocenters. The Kier molecular flexibility index (Phi) is 3.91. The molecule has 0 radical (unpaired) electrons. The molecule has 1 amide bonds. The maximum Gasteiger partial charge on any atom is 0.242 e. The Morgan fingerprint density at radius 2 is 2.00 bits per heavy atom. The minimum Gasteiger partial charge on any atom is -0.341 e. The molecule has 3 nitrogen and oxygen atoms in total. The number of nitrogens with two attached hydrogens (primary N) is 1. The molecule has 0 bridgehead atoms. The monoisotopic (exact) mass is 246 g/mol. The zero-order valence-electron chi connectivity index (χ0n) is 10.3. The largest absolute Gasteiger partial charge is 0.341 e. The van der Waals surface area contributed by atoms with Crippen LogP contribution in [0.3, 0.4) is 0 Å². The van der Waals surface area contributed by atoms with Gasteiger partial charge in [0.2, 0.25) is 5.91 Å². The molecule has 0 spiro atoms. The van der Waals surface area contributed by atoms with Crippen LogP contribution in [0.1, 0.15) is 46.0 Å². The molecule has 0 aromatic carbocycles. The average Bonchev–Trinajstić information content (AvgIpc) is 2.97. The van der Waals surface area contributed by atoms with E-state index in [0.29, 0.717) is 5.41 Å². The number of likely N-dealkylation sites (tertiary alicyclic amines) is 1. The van der Waals surface area contributed by atoms with Crippen molar-refractivity contribution in [3.8, 4) is 0 Å². The van der Waals surface area contributed by atoms with E-state index in [1.54, 1.807) is 0 Å². The zero-order valence-corrected chi connectivity index (χ0v) is 11.1. The van der Waals surface area contributed by atoms with Crippen LogP contribution < -0.4 is 5.73 Å². The fourth-order valence-corrected chi connectivity index (χ4v) is 2.44. The van der Waals surface area contributed by atoms with Crippen LogP contribution in [0.4, 0.5) is 0 Å². The van der Waals surface area contributed by atoms with Crippen molar-refractivity contribution in [1.29, 1.82) is 0 Å². The average molecular weight is 247 g/mol. The second-order valence-corrected chi connectivity index (χ2v) is 5.65. The molecule has 94 valence electrons. The summed E-state index contributed by atoms with van der Waals surface area (Å²) in [7, 11) is 0. The van der Waals surface area contributed by atoms with Gasteiger partial charge in [0.25, 0.3) is 0 Å². The number of hydrogen-bond acceptors (Lipinski definition) is 2. The molecule has 0 aromatic rings. The summed E-state index contributed by atoms with van der Waals surface area (Å²) in [5.74, 6) is 0.196. The molecule has 2 fully saturated rings. The summed E-state index contributed by atoms with van der Waals surface area (Å²) in [6.45, 7) is 6.31. The first-order chi connectivity index (χ1) is 6.99. The van der Waals surface area contributed by atoms with Crippen LogP contribution in [0, 0.1) is 5.41 Å². The maximum absolute atomic E-state index is 12.1. The number of carbonyl (C=O) groups is 1. The third kappa shape index (κ3) is 2.51. The van der Waals surface area contributed by atoms with E-state index in [1.807, 2.05) is 4.90 Å². The highest BCUT2D eigenvalue weighted by molar-refractivity contribution is 5.89. The third-order valence-corrected chi connectivity index (χ3v) is 4.14. The molecule has 0 aromatic heterocycles. The molecule has 16 heavy (non-hydrogen) atoms. The minimum absolute atomic E-state index is 0. The summed E-state index contributed by atoms with van der Waals surface area (Å²) < 4.78 is 0. The molecule has 1 saturated heterocycles. The first kappa shape index (κ1) is 13.8. The quantitative estimate of drug-likeness (QED) is 0.810. The lowest BCUT2D eigenvalue weighted by atomic mass is 9.79. The van der Waals surface area contributed by atoms with E-state index in [0.717, 1.165) is 38.8 Å². The maximum atomic E-state index is 12.1. The van der Waals surface area contributed by atoms with Gasteiger partial charge >= 0.3 is 0 Å². The van der Waals surface area contributed by atoms with Crippen molar-refractivity contribution in [2.45, 2.75) is 51.5 Å². The van der Waals surface area contributed by atoms with Crippen LogP contribution in [0.5, 0.6) is 0 Å². The predicted octanol–water partition coefficient (Wildman–Crippen LogP) is 1.94. The summed E-state index contributed by atoms with van der Waals surface area (Å²) in [5.41, 5.74) is 5.80. The highest BCUT2D eigenvalue weighted by Gasteiger charge is 2.49. The molecular formula is C12H23ClN2O. The molecule has 1 saturated carbocycles. The van der Waals surface area contributed by atoms with Crippen LogP contribution in [-0.2, 0) is 4.79 Å². The van der Waals surface area contributed by atoms with Crippen molar-refractivity contribution in [3.05, 3.63) is 0 Å². The van der Waals surface area contributed by atoms with Gasteiger partial charge < -0.3 is 10.6 Å². The fourth-order valence-electron chi connectivity index (χ4n) is 2.44. The first-order valence-corrected chi connectivity index (χ1v) is 6.07. The molecule has 1 atom stereocenters. The Balaban J connectivity index is 0.00000128. The van der Waals surface area contributed by atoms with Gasteiger partial charge in [0, 0.05) is 13.1 Å². The minimum atomic E-state index is -0.480. The lowest BCUT2D eigenvalue weighted by Gasteiger charge is -2.41. The van der Waals surface area contributed by atoms with Gasteiger partial charge in [-0.2, -0.15) is 0 Å². The molecule has 2 rings (SSSR count). The highest BCUT2D eigenvalue weighted by atomic mass is 35.5. The van der Waals surface area contributed by atoms with Crippen molar-refractivity contribution in [2.75, 3.05) is 13.1 Å². The molecule has 4 heteroatoms. The molecule has 1 aliphatic heterocycles. The van der Waals surface area contributed by atoms with E-state index < -0.39 is 5.54 Å². The lowest BCUT2D eigenvalue weighted by molar-refractivity contribution is -0.137. The normalized spacial score (nSPS) is 31.8. The zero-order chi connectivity index (χ0) is 11.1. The van der Waals surface area contributed by atoms with Gasteiger partial charge in [0.05, 0.1) is 5.54 Å². The standard InChI is InChI=1S/C12H22N2O.ClH/c1-3-11(2)5-4-8-14(9-11)10(15)12(13)6-7-12;/h3-9,13H2,1-2H3;1H. The number of carbonyl (C=O) groups excluding carboxylic acids is 1. The number of amides is 1. The van der Waals surface area contributed by atoms with E-state index in [-0.39, 0.29) is 18.3 Å². The third-order valence-electron chi connectivity index (χ3n) is 4.14. The SMILES string of the molecule is CCC1(C)CCCN(C(=O)C2(N)CC2)C1.Cl. The molecule has 2 aliphatic rings. The summed E-state index contributed by atoms with van der Waals surface area (Å²) in [6.07, 6.45) is 5.28. The van der Waals surface area contributed by atoms with Gasteiger partial charge in [-0.15, -0.1) is 12.4 Å². The Morgan fingerprint density at radius 1 is 1.38 bits per heavy atom. The predicted molar refractivity (Wildman–Crippen MR) is 67.6 cm³/mol. The lowest BCUT2D eigenvalue weighted by Crippen LogP contribution is -2.51. The van der Waals surface area contributed by atoms with E-state index in [2.05, 4.69) is 13.8 Å². The molecular weight excluding hydrogens is 224 g/mol. The summed E-state index contributed by atoms with van der Waals surface area (Å²) >= 11 is 0. The van der Waals surface area contributed by atoms with E-state index >= 15 is 0 Å². The highest BCUT2D eigenvalue weighted by Crippen LogP contribution is 2.38. The topological polar surface area (TPSA) is 46.3 Å². The Hall–Kier alpha value is -0.280. The van der Waals surface area contributed by atoms with Gasteiger partial charge in [0.15, 0.2) is 0 Å². The molecule has 2 N–H and O–H groups in total. The first-order valence-electron chi connectivity index (χ1n) is 6.07. The van der Waals surface area contributed by atoms with Crippen molar-refractivity contribution in [3.63, 3.8) is 0 Å². The number of nitrogens with zero attached hydrogens (tertiary/aromatic N) is 1. The van der Waals surface area contributed by atoms with Crippen LogP contribution in [-0.4, -0.2) is 29.4 Å². The molecule has 1 heterocycles. The van der Waals surface area contributed by atoms with Crippen LogP contribution in [0.2, 0.25) is 0 Å². The smallest absolute Gasteiger partial charge is 0.242 e. The molecule has 1 aliphatic carbocycles. The Bertz CT molecular complexity index is 278. The number of piperidine rings is 1. The van der Waals surface area contributed by atoms with E-state index in [4.69, 9.17) is 5.73 Å². The van der Waals surface area contributed by atoms with Gasteiger partial charge in [-0.25, -0.2) is 0 Å². The summed E-state index contributed by atoms with van der Waals surface area (Å²) in [4.78, 5) is 14.1. The van der Waals surface area contributed by atoms with Crippen molar-refractivity contribution in [1.82, 2.24) is 4.90 Å². The van der Waals surface area contributed by atoms with Crippen molar-refractivity contribution in [2.24, 2.45) is 11.1 Å².